The van der Waals surface area contributed by atoms with Crippen LogP contribution in [0.1, 0.15) is 6.42 Å². The second kappa shape index (κ2) is 8.32. The van der Waals surface area contributed by atoms with Crippen LogP contribution in [0, 0.1) is 0 Å². The van der Waals surface area contributed by atoms with Gasteiger partial charge in [0.25, 0.3) is 0 Å². The van der Waals surface area contributed by atoms with E-state index in [-0.39, 0.29) is 29.4 Å². The first kappa shape index (κ1) is 21.9. The summed E-state index contributed by atoms with van der Waals surface area (Å²) in [5.41, 5.74) is 0.125. The molecule has 0 amide bonds. The van der Waals surface area contributed by atoms with Crippen LogP contribution in [0.4, 0.5) is 18.9 Å². The maximum Gasteiger partial charge on any atom is 0.448 e. The lowest BCUT2D eigenvalue weighted by Gasteiger charge is -2.26. The van der Waals surface area contributed by atoms with E-state index in [1.165, 1.54) is 28.6 Å². The van der Waals surface area contributed by atoms with Gasteiger partial charge in [0.1, 0.15) is 18.2 Å². The van der Waals surface area contributed by atoms with E-state index < -0.39 is 28.5 Å². The monoisotopic (exact) mass is 519 g/mol. The van der Waals surface area contributed by atoms with Crippen molar-refractivity contribution in [3.8, 4) is 5.75 Å². The molecule has 2 heterocycles. The molecular weight excluding hydrogens is 503 g/mol. The van der Waals surface area contributed by atoms with Crippen molar-refractivity contribution in [1.82, 2.24) is 4.31 Å². The van der Waals surface area contributed by atoms with E-state index in [0.29, 0.717) is 6.42 Å². The van der Waals surface area contributed by atoms with Gasteiger partial charge >= 0.3 is 12.4 Å². The Morgan fingerprint density at radius 3 is 2.55 bits per heavy atom. The molecule has 0 aromatic heterocycles. The Morgan fingerprint density at radius 2 is 1.84 bits per heavy atom. The van der Waals surface area contributed by atoms with Crippen molar-refractivity contribution in [2.24, 2.45) is 5.16 Å². The van der Waals surface area contributed by atoms with E-state index in [4.69, 9.17) is 4.74 Å². The first-order valence-electron chi connectivity index (χ1n) is 9.22. The van der Waals surface area contributed by atoms with E-state index in [9.17, 15) is 21.6 Å². The molecule has 4 rings (SSSR count). The molecule has 1 fully saturated rings. The van der Waals surface area contributed by atoms with Crippen molar-refractivity contribution in [2.45, 2.75) is 29.8 Å². The van der Waals surface area contributed by atoms with Crippen molar-refractivity contribution in [3.63, 3.8) is 0 Å². The van der Waals surface area contributed by atoms with Crippen LogP contribution < -0.4 is 9.64 Å². The fraction of sp³-hybridized carbons (Fsp3) is 0.316. The van der Waals surface area contributed by atoms with Crippen molar-refractivity contribution in [3.05, 3.63) is 53.0 Å². The van der Waals surface area contributed by atoms with Gasteiger partial charge in [0.15, 0.2) is 0 Å². The van der Waals surface area contributed by atoms with Crippen molar-refractivity contribution < 1.29 is 31.2 Å². The predicted molar refractivity (Wildman–Crippen MR) is 110 cm³/mol. The van der Waals surface area contributed by atoms with Gasteiger partial charge in [-0.3, -0.25) is 4.90 Å². The second-order valence-corrected chi connectivity index (χ2v) is 9.79. The Balaban J connectivity index is 1.50. The third-order valence-electron chi connectivity index (χ3n) is 4.86. The lowest BCUT2D eigenvalue weighted by Crippen LogP contribution is -2.43. The van der Waals surface area contributed by atoms with Crippen LogP contribution in [-0.2, 0) is 14.9 Å². The number of anilines is 1. The summed E-state index contributed by atoms with van der Waals surface area (Å²) in [4.78, 5) is 5.45. The molecule has 7 nitrogen and oxygen atoms in total. The minimum Gasteiger partial charge on any atom is -0.487 e. The molecule has 12 heteroatoms. The maximum atomic E-state index is 13.2. The predicted octanol–water partition coefficient (Wildman–Crippen LogP) is 3.96. The molecule has 0 saturated carbocycles. The average Bonchev–Trinajstić information content (AvgIpc) is 3.38. The normalized spacial score (nSPS) is 22.0. The van der Waals surface area contributed by atoms with Gasteiger partial charge in [0, 0.05) is 11.0 Å². The number of hydrogen-bond acceptors (Lipinski definition) is 6. The highest BCUT2D eigenvalue weighted by Crippen LogP contribution is 2.37. The molecule has 0 aliphatic carbocycles. The Morgan fingerprint density at radius 1 is 1.13 bits per heavy atom. The van der Waals surface area contributed by atoms with Crippen LogP contribution in [0.5, 0.6) is 5.75 Å². The molecular formula is C19H17BrF3N3O4S. The number of ether oxygens (including phenoxy) is 1. The summed E-state index contributed by atoms with van der Waals surface area (Å²) < 4.78 is 73.4. The van der Waals surface area contributed by atoms with Crippen LogP contribution in [0.3, 0.4) is 0 Å². The van der Waals surface area contributed by atoms with Gasteiger partial charge in [-0.25, -0.2) is 8.42 Å². The zero-order valence-electron chi connectivity index (χ0n) is 15.9. The molecule has 2 unspecified atom stereocenters. The highest BCUT2D eigenvalue weighted by Gasteiger charge is 2.49. The van der Waals surface area contributed by atoms with Gasteiger partial charge in [0.2, 0.25) is 10.0 Å². The van der Waals surface area contributed by atoms with E-state index in [2.05, 4.69) is 25.9 Å². The number of para-hydroxylation sites is 2. The minimum atomic E-state index is -4.66. The summed E-state index contributed by atoms with van der Waals surface area (Å²) >= 11 is 3.27. The fourth-order valence-corrected chi connectivity index (χ4v) is 5.12. The third-order valence-corrected chi connectivity index (χ3v) is 7.27. The molecule has 2 aromatic carbocycles. The lowest BCUT2D eigenvalue weighted by molar-refractivity contribution is -0.211. The quantitative estimate of drug-likeness (QED) is 0.597. The van der Waals surface area contributed by atoms with E-state index >= 15 is 0 Å². The van der Waals surface area contributed by atoms with Gasteiger partial charge in [-0.15, -0.1) is 0 Å². The van der Waals surface area contributed by atoms with Gasteiger partial charge in [-0.1, -0.05) is 33.2 Å². The van der Waals surface area contributed by atoms with Crippen molar-refractivity contribution in [2.75, 3.05) is 18.0 Å². The first-order chi connectivity index (χ1) is 14.7. The van der Waals surface area contributed by atoms with E-state index in [1.54, 1.807) is 24.3 Å². The van der Waals surface area contributed by atoms with Gasteiger partial charge < -0.3 is 9.57 Å². The summed E-state index contributed by atoms with van der Waals surface area (Å²) in [5, 5.41) is 3.28. The molecule has 2 aliphatic rings. The van der Waals surface area contributed by atoms with Gasteiger partial charge in [-0.05, 0) is 42.8 Å². The Labute approximate surface area is 185 Å². The molecule has 1 saturated heterocycles. The Hall–Kier alpha value is -2.31. The number of oxime groups is 1. The summed E-state index contributed by atoms with van der Waals surface area (Å²) in [6.45, 7) is 0.324. The van der Waals surface area contributed by atoms with Crippen molar-refractivity contribution >= 4 is 38.0 Å². The Bertz CT molecular complexity index is 1080. The zero-order valence-corrected chi connectivity index (χ0v) is 18.3. The molecule has 31 heavy (non-hydrogen) atoms. The lowest BCUT2D eigenvalue weighted by atomic mass is 10.2. The smallest absolute Gasteiger partial charge is 0.448 e. The fourth-order valence-electron chi connectivity index (χ4n) is 3.37. The summed E-state index contributed by atoms with van der Waals surface area (Å²) in [7, 11) is -3.70. The summed E-state index contributed by atoms with van der Waals surface area (Å²) in [5.74, 6) is 0.182. The molecule has 166 valence electrons. The summed E-state index contributed by atoms with van der Waals surface area (Å²) in [6, 6.07) is 12.5. The highest BCUT2D eigenvalue weighted by molar-refractivity contribution is 9.10. The maximum absolute atomic E-state index is 13.2. The van der Waals surface area contributed by atoms with E-state index in [0.717, 1.165) is 15.7 Å². The molecule has 2 aliphatic heterocycles. The zero-order chi connectivity index (χ0) is 22.2. The molecule has 0 bridgehead atoms. The number of benzene rings is 2. The second-order valence-electron chi connectivity index (χ2n) is 6.94. The standard InChI is InChI=1S/C19H17BrF3N3O4S/c20-13-5-7-15(8-6-13)31(27,28)25-10-9-14(11-25)29-17-4-2-1-3-16(17)26-12-24-30-18(26)19(21,22)23/h1-8,12,14,18H,9-11H2. The van der Waals surface area contributed by atoms with Gasteiger partial charge in [-0.2, -0.15) is 17.5 Å². The third kappa shape index (κ3) is 4.51. The van der Waals surface area contributed by atoms with E-state index in [1.807, 2.05) is 0 Å². The number of alkyl halides is 3. The van der Waals surface area contributed by atoms with Crippen LogP contribution in [0.15, 0.2) is 63.1 Å². The van der Waals surface area contributed by atoms with Crippen LogP contribution in [0.2, 0.25) is 0 Å². The highest BCUT2D eigenvalue weighted by atomic mass is 79.9. The molecule has 2 atom stereocenters. The molecule has 2 aromatic rings. The SMILES string of the molecule is O=S(=O)(c1ccc(Br)cc1)N1CCC(Oc2ccccc2N2C=NOC2C(F)(F)F)C1. The number of hydrogen-bond donors (Lipinski definition) is 0. The van der Waals surface area contributed by atoms with Crippen LogP contribution >= 0.6 is 15.9 Å². The number of sulfonamides is 1. The van der Waals surface area contributed by atoms with Crippen LogP contribution in [-0.4, -0.2) is 50.7 Å². The molecule has 0 spiro atoms. The number of nitrogens with zero attached hydrogens (tertiary/aromatic N) is 3. The largest absolute Gasteiger partial charge is 0.487 e. The first-order valence-corrected chi connectivity index (χ1v) is 11.5. The average molecular weight is 520 g/mol. The van der Waals surface area contributed by atoms with Crippen LogP contribution in [0.25, 0.3) is 0 Å². The molecule has 0 radical (unpaired) electrons. The Kier molecular flexibility index (Phi) is 5.88. The number of rotatable bonds is 5. The summed E-state index contributed by atoms with van der Waals surface area (Å²) in [6.07, 6.45) is -6.09. The van der Waals surface area contributed by atoms with Gasteiger partial charge in [0.05, 0.1) is 17.1 Å². The molecule has 0 N–H and O–H groups in total. The number of halogens is 4. The van der Waals surface area contributed by atoms with Crippen molar-refractivity contribution in [1.29, 1.82) is 0 Å². The minimum absolute atomic E-state index is 0.0834. The topological polar surface area (TPSA) is 71.4 Å².